The molecule has 0 saturated carbocycles. The molecule has 0 spiro atoms. The minimum absolute atomic E-state index is 0.222. The van der Waals surface area contributed by atoms with Crippen LogP contribution in [0.4, 0.5) is 0 Å². The highest BCUT2D eigenvalue weighted by atomic mass is 16.3. The van der Waals surface area contributed by atoms with Gasteiger partial charge in [0, 0.05) is 13.1 Å². The molecule has 0 aliphatic heterocycles. The normalized spacial score (nSPS) is 15.1. The van der Waals surface area contributed by atoms with Gasteiger partial charge in [-0.1, -0.05) is 26.0 Å². The zero-order valence-electron chi connectivity index (χ0n) is 10.2. The van der Waals surface area contributed by atoms with Crippen LogP contribution in [0, 0.1) is 5.92 Å². The lowest BCUT2D eigenvalue weighted by molar-refractivity contribution is 0.0140. The van der Waals surface area contributed by atoms with Gasteiger partial charge < -0.3 is 15.5 Å². The molecule has 0 aromatic heterocycles. The topological polar surface area (TPSA) is 52.5 Å². The molecule has 0 aliphatic carbocycles. The predicted molar refractivity (Wildman–Crippen MR) is 65.3 cm³/mol. The first-order valence-electron chi connectivity index (χ1n) is 5.63. The maximum Gasteiger partial charge on any atom is 0.115 e. The summed E-state index contributed by atoms with van der Waals surface area (Å²) in [5, 5.41) is 22.3. The summed E-state index contributed by atoms with van der Waals surface area (Å²) < 4.78 is 0. The van der Waals surface area contributed by atoms with Crippen molar-refractivity contribution in [1.29, 1.82) is 0 Å². The number of hydrogen-bond donors (Lipinski definition) is 3. The first kappa shape index (κ1) is 13.0. The number of aromatic hydroxyl groups is 1. The molecule has 1 aromatic rings. The van der Waals surface area contributed by atoms with E-state index < -0.39 is 5.60 Å². The minimum Gasteiger partial charge on any atom is -0.508 e. The van der Waals surface area contributed by atoms with E-state index in [0.717, 1.165) is 5.56 Å². The molecule has 1 unspecified atom stereocenters. The molecule has 0 aliphatic rings. The van der Waals surface area contributed by atoms with Gasteiger partial charge in [0.2, 0.25) is 0 Å². The molecule has 1 rings (SSSR count). The smallest absolute Gasteiger partial charge is 0.115 e. The molecular formula is C13H21NO2. The zero-order chi connectivity index (χ0) is 12.2. The summed E-state index contributed by atoms with van der Waals surface area (Å²) in [7, 11) is 0. The first-order chi connectivity index (χ1) is 7.42. The molecule has 0 radical (unpaired) electrons. The number of benzene rings is 1. The summed E-state index contributed by atoms with van der Waals surface area (Å²) in [6.07, 6.45) is 0. The molecule has 3 heteroatoms. The van der Waals surface area contributed by atoms with E-state index in [1.165, 1.54) is 0 Å². The van der Waals surface area contributed by atoms with Crippen molar-refractivity contribution < 1.29 is 10.2 Å². The van der Waals surface area contributed by atoms with Gasteiger partial charge in [0.05, 0.1) is 5.60 Å². The molecule has 0 amide bonds. The van der Waals surface area contributed by atoms with Gasteiger partial charge in [-0.15, -0.1) is 0 Å². The summed E-state index contributed by atoms with van der Waals surface area (Å²) >= 11 is 0. The lowest BCUT2D eigenvalue weighted by atomic mass is 9.92. The predicted octanol–water partition coefficient (Wildman–Crippen LogP) is 1.89. The van der Waals surface area contributed by atoms with E-state index >= 15 is 0 Å². The fourth-order valence-corrected chi connectivity index (χ4v) is 1.28. The molecule has 0 fully saturated rings. The fourth-order valence-electron chi connectivity index (χ4n) is 1.28. The third kappa shape index (κ3) is 3.83. The van der Waals surface area contributed by atoms with Crippen LogP contribution >= 0.6 is 0 Å². The number of phenols is 1. The lowest BCUT2D eigenvalue weighted by Crippen LogP contribution is -2.41. The average Bonchev–Trinajstić information content (AvgIpc) is 2.20. The Balaban J connectivity index is 2.39. The van der Waals surface area contributed by atoms with Crippen molar-refractivity contribution in [2.24, 2.45) is 5.92 Å². The summed E-state index contributed by atoms with van der Waals surface area (Å²) in [6, 6.07) is 7.06. The van der Waals surface area contributed by atoms with Crippen LogP contribution in [0.3, 0.4) is 0 Å². The second-order valence-corrected chi connectivity index (χ2v) is 4.78. The van der Waals surface area contributed by atoms with E-state index in [-0.39, 0.29) is 11.7 Å². The van der Waals surface area contributed by atoms with Crippen LogP contribution < -0.4 is 5.32 Å². The highest BCUT2D eigenvalue weighted by Crippen LogP contribution is 2.15. The molecule has 1 aromatic carbocycles. The summed E-state index contributed by atoms with van der Waals surface area (Å²) in [6.45, 7) is 7.10. The van der Waals surface area contributed by atoms with Crippen LogP contribution in [0.25, 0.3) is 0 Å². The SMILES string of the molecule is CC(C)C(C)(O)CNCc1ccc(O)cc1. The number of phenolic OH excluding ortho intramolecular Hbond substituents is 1. The van der Waals surface area contributed by atoms with Gasteiger partial charge in [-0.25, -0.2) is 0 Å². The summed E-state index contributed by atoms with van der Waals surface area (Å²) in [4.78, 5) is 0. The Kier molecular flexibility index (Phi) is 4.33. The van der Waals surface area contributed by atoms with Crippen molar-refractivity contribution in [2.75, 3.05) is 6.54 Å². The Labute approximate surface area is 97.1 Å². The zero-order valence-corrected chi connectivity index (χ0v) is 10.2. The van der Waals surface area contributed by atoms with Crippen molar-refractivity contribution in [3.63, 3.8) is 0 Å². The highest BCUT2D eigenvalue weighted by Gasteiger charge is 2.23. The monoisotopic (exact) mass is 223 g/mol. The third-order valence-corrected chi connectivity index (χ3v) is 2.99. The van der Waals surface area contributed by atoms with Crippen LogP contribution in [0.15, 0.2) is 24.3 Å². The van der Waals surface area contributed by atoms with Gasteiger partial charge in [0.25, 0.3) is 0 Å². The van der Waals surface area contributed by atoms with Gasteiger partial charge >= 0.3 is 0 Å². The molecule has 0 heterocycles. The Morgan fingerprint density at radius 1 is 1.25 bits per heavy atom. The van der Waals surface area contributed by atoms with Crippen molar-refractivity contribution in [1.82, 2.24) is 5.32 Å². The molecular weight excluding hydrogens is 202 g/mol. The van der Waals surface area contributed by atoms with E-state index in [9.17, 15) is 5.11 Å². The number of aliphatic hydroxyl groups is 1. The van der Waals surface area contributed by atoms with Crippen LogP contribution in [-0.2, 0) is 6.54 Å². The second kappa shape index (κ2) is 5.32. The quantitative estimate of drug-likeness (QED) is 0.714. The Morgan fingerprint density at radius 3 is 2.31 bits per heavy atom. The fraction of sp³-hybridized carbons (Fsp3) is 0.538. The van der Waals surface area contributed by atoms with Crippen LogP contribution in [-0.4, -0.2) is 22.4 Å². The van der Waals surface area contributed by atoms with Crippen LogP contribution in [0.5, 0.6) is 5.75 Å². The number of rotatable bonds is 5. The van der Waals surface area contributed by atoms with Crippen LogP contribution in [0.1, 0.15) is 26.3 Å². The largest absolute Gasteiger partial charge is 0.508 e. The maximum absolute atomic E-state index is 10.0. The van der Waals surface area contributed by atoms with Gasteiger partial charge in [-0.3, -0.25) is 0 Å². The molecule has 0 saturated heterocycles. The van der Waals surface area contributed by atoms with Gasteiger partial charge in [-0.05, 0) is 30.5 Å². The van der Waals surface area contributed by atoms with Crippen molar-refractivity contribution in [2.45, 2.75) is 32.9 Å². The summed E-state index contributed by atoms with van der Waals surface area (Å²) in [5.74, 6) is 0.498. The van der Waals surface area contributed by atoms with Gasteiger partial charge in [0.1, 0.15) is 5.75 Å². The number of hydrogen-bond acceptors (Lipinski definition) is 3. The molecule has 90 valence electrons. The van der Waals surface area contributed by atoms with Gasteiger partial charge in [-0.2, -0.15) is 0 Å². The summed E-state index contributed by atoms with van der Waals surface area (Å²) in [5.41, 5.74) is 0.411. The lowest BCUT2D eigenvalue weighted by Gasteiger charge is -2.28. The number of nitrogens with one attached hydrogen (secondary N) is 1. The Bertz CT molecular complexity index is 317. The van der Waals surface area contributed by atoms with Crippen LogP contribution in [0.2, 0.25) is 0 Å². The van der Waals surface area contributed by atoms with E-state index in [2.05, 4.69) is 5.32 Å². The van der Waals surface area contributed by atoms with Crippen molar-refractivity contribution >= 4 is 0 Å². The highest BCUT2D eigenvalue weighted by molar-refractivity contribution is 5.25. The third-order valence-electron chi connectivity index (χ3n) is 2.99. The van der Waals surface area contributed by atoms with Crippen molar-refractivity contribution in [3.05, 3.63) is 29.8 Å². The van der Waals surface area contributed by atoms with E-state index in [0.29, 0.717) is 13.1 Å². The molecule has 0 bridgehead atoms. The van der Waals surface area contributed by atoms with Crippen molar-refractivity contribution in [3.8, 4) is 5.75 Å². The van der Waals surface area contributed by atoms with E-state index in [1.54, 1.807) is 12.1 Å². The molecule has 16 heavy (non-hydrogen) atoms. The standard InChI is InChI=1S/C13H21NO2/c1-10(2)13(3,16)9-14-8-11-4-6-12(15)7-5-11/h4-7,10,14-16H,8-9H2,1-3H3. The minimum atomic E-state index is -0.684. The van der Waals surface area contributed by atoms with Gasteiger partial charge in [0.15, 0.2) is 0 Å². The molecule has 3 N–H and O–H groups in total. The maximum atomic E-state index is 10.0. The first-order valence-corrected chi connectivity index (χ1v) is 5.63. The Hall–Kier alpha value is -1.06. The van der Waals surface area contributed by atoms with E-state index in [1.807, 2.05) is 32.9 Å². The Morgan fingerprint density at radius 2 is 1.81 bits per heavy atom. The second-order valence-electron chi connectivity index (χ2n) is 4.78. The molecule has 3 nitrogen and oxygen atoms in total. The average molecular weight is 223 g/mol. The molecule has 1 atom stereocenters. The van der Waals surface area contributed by atoms with E-state index in [4.69, 9.17) is 5.11 Å².